The topological polar surface area (TPSA) is 38.7 Å². The molecule has 0 amide bonds. The second-order valence-electron chi connectivity index (χ2n) is 6.50. The molecule has 0 aromatic rings. The van der Waals surface area contributed by atoms with E-state index in [1.165, 1.54) is 32.1 Å². The molecule has 0 unspecified atom stereocenters. The average molecular weight is 224 g/mol. The van der Waals surface area contributed by atoms with E-state index in [1.54, 1.807) is 0 Å². The Morgan fingerprint density at radius 2 is 1.62 bits per heavy atom. The molecule has 3 nitrogen and oxygen atoms in total. The molecule has 4 saturated carbocycles. The van der Waals surface area contributed by atoms with E-state index < -0.39 is 6.10 Å². The summed E-state index contributed by atoms with van der Waals surface area (Å²) in [6.07, 6.45) is 6.20. The first-order chi connectivity index (χ1) is 7.70. The van der Waals surface area contributed by atoms with Crippen LogP contribution < -0.4 is 0 Å². The molecule has 1 aliphatic heterocycles. The Kier molecular flexibility index (Phi) is 1.85. The maximum absolute atomic E-state index is 9.82. The van der Waals surface area contributed by atoms with Gasteiger partial charge in [-0.2, -0.15) is 0 Å². The summed E-state index contributed by atoms with van der Waals surface area (Å²) in [4.78, 5) is 10.8. The van der Waals surface area contributed by atoms with Gasteiger partial charge in [0.1, 0.15) is 5.60 Å². The fourth-order valence-electron chi connectivity index (χ4n) is 5.19. The first-order valence-electron chi connectivity index (χ1n) is 6.72. The van der Waals surface area contributed by atoms with Gasteiger partial charge in [0.25, 0.3) is 0 Å². The molecule has 3 heteroatoms. The van der Waals surface area contributed by atoms with Crippen molar-refractivity contribution in [2.75, 3.05) is 0 Å². The van der Waals surface area contributed by atoms with Gasteiger partial charge in [0, 0.05) is 0 Å². The lowest BCUT2D eigenvalue weighted by Gasteiger charge is -2.65. The molecule has 0 radical (unpaired) electrons. The van der Waals surface area contributed by atoms with Crippen molar-refractivity contribution in [1.82, 2.24) is 0 Å². The average Bonchev–Trinajstić information content (AvgIpc) is 2.13. The molecule has 1 saturated heterocycles. The van der Waals surface area contributed by atoms with Crippen molar-refractivity contribution in [2.45, 2.75) is 56.8 Å². The van der Waals surface area contributed by atoms with Crippen molar-refractivity contribution in [1.29, 1.82) is 0 Å². The number of aliphatic hydroxyl groups excluding tert-OH is 1. The zero-order valence-electron chi connectivity index (χ0n) is 9.76. The zero-order chi connectivity index (χ0) is 10.9. The molecule has 4 aliphatic carbocycles. The molecule has 5 fully saturated rings. The first-order valence-corrected chi connectivity index (χ1v) is 6.72. The minimum absolute atomic E-state index is 0.0671. The van der Waals surface area contributed by atoms with Crippen LogP contribution in [-0.4, -0.2) is 22.9 Å². The molecule has 90 valence electrons. The number of hydrogen-bond donors (Lipinski definition) is 1. The Morgan fingerprint density at radius 3 is 2.00 bits per heavy atom. The number of hydrogen-bond acceptors (Lipinski definition) is 3. The van der Waals surface area contributed by atoms with E-state index in [4.69, 9.17) is 9.78 Å². The largest absolute Gasteiger partial charge is 0.390 e. The van der Waals surface area contributed by atoms with Gasteiger partial charge in [-0.05, 0) is 62.7 Å². The van der Waals surface area contributed by atoms with Crippen LogP contribution in [0, 0.1) is 23.7 Å². The summed E-state index contributed by atoms with van der Waals surface area (Å²) in [5.41, 5.74) is -0.110. The molecule has 0 aromatic carbocycles. The van der Waals surface area contributed by atoms with Crippen LogP contribution in [0.2, 0.25) is 0 Å². The van der Waals surface area contributed by atoms with Gasteiger partial charge >= 0.3 is 0 Å². The van der Waals surface area contributed by atoms with Crippen LogP contribution in [0.25, 0.3) is 0 Å². The van der Waals surface area contributed by atoms with Crippen molar-refractivity contribution in [3.05, 3.63) is 0 Å². The molecule has 0 aromatic heterocycles. The molecular formula is C13H20O3. The lowest BCUT2D eigenvalue weighted by Crippen LogP contribution is -2.73. The van der Waals surface area contributed by atoms with Crippen LogP contribution in [0.1, 0.15) is 39.0 Å². The molecule has 1 spiro atoms. The molecule has 1 N–H and O–H groups in total. The van der Waals surface area contributed by atoms with Gasteiger partial charge in [0.05, 0.1) is 6.10 Å². The summed E-state index contributed by atoms with van der Waals surface area (Å²) < 4.78 is 0. The highest BCUT2D eigenvalue weighted by Crippen LogP contribution is 2.64. The Morgan fingerprint density at radius 1 is 1.06 bits per heavy atom. The summed E-state index contributed by atoms with van der Waals surface area (Å²) in [6, 6.07) is 0. The van der Waals surface area contributed by atoms with E-state index in [0.717, 1.165) is 11.8 Å². The standard InChI is InChI=1S/C13H20O3/c1-7(14)12-13(16-15-12)10-3-8-2-9(5-10)6-11(13)4-8/h7-12,14H,2-6H2,1H3/t7-,8?,9?,10?,11?,12+,13?/m0/s1. The monoisotopic (exact) mass is 224 g/mol. The lowest BCUT2D eigenvalue weighted by atomic mass is 9.48. The second-order valence-corrected chi connectivity index (χ2v) is 6.50. The van der Waals surface area contributed by atoms with Crippen molar-refractivity contribution in [2.24, 2.45) is 23.7 Å². The van der Waals surface area contributed by atoms with Gasteiger partial charge in [-0.1, -0.05) is 0 Å². The van der Waals surface area contributed by atoms with Crippen molar-refractivity contribution in [3.63, 3.8) is 0 Å². The lowest BCUT2D eigenvalue weighted by molar-refractivity contribution is -0.554. The highest BCUT2D eigenvalue weighted by Gasteiger charge is 2.68. The van der Waals surface area contributed by atoms with Gasteiger partial charge in [-0.25, -0.2) is 9.78 Å². The third kappa shape index (κ3) is 1.00. The van der Waals surface area contributed by atoms with Gasteiger partial charge < -0.3 is 5.11 Å². The fraction of sp³-hybridized carbons (Fsp3) is 1.00. The van der Waals surface area contributed by atoms with Crippen molar-refractivity contribution < 1.29 is 14.9 Å². The van der Waals surface area contributed by atoms with Crippen LogP contribution in [0.5, 0.6) is 0 Å². The molecule has 16 heavy (non-hydrogen) atoms. The van der Waals surface area contributed by atoms with Crippen molar-refractivity contribution in [3.8, 4) is 0 Å². The van der Waals surface area contributed by atoms with Crippen LogP contribution in [0.3, 0.4) is 0 Å². The summed E-state index contributed by atoms with van der Waals surface area (Å²) in [5, 5.41) is 9.82. The Bertz CT molecular complexity index is 284. The normalized spacial score (nSPS) is 60.0. The third-order valence-corrected chi connectivity index (χ3v) is 5.59. The zero-order valence-corrected chi connectivity index (χ0v) is 9.76. The van der Waals surface area contributed by atoms with E-state index >= 15 is 0 Å². The van der Waals surface area contributed by atoms with Gasteiger partial charge in [-0.3, -0.25) is 0 Å². The maximum atomic E-state index is 9.82. The number of rotatable bonds is 1. The molecule has 4 bridgehead atoms. The first kappa shape index (κ1) is 9.86. The summed E-state index contributed by atoms with van der Waals surface area (Å²) >= 11 is 0. The minimum Gasteiger partial charge on any atom is -0.390 e. The SMILES string of the molecule is C[C@H](O)[C@H]1OOC12C1CC3CC(C1)CC2C3. The quantitative estimate of drug-likeness (QED) is 0.691. The van der Waals surface area contributed by atoms with E-state index in [0.29, 0.717) is 11.8 Å². The summed E-state index contributed by atoms with van der Waals surface area (Å²) in [5.74, 6) is 3.17. The maximum Gasteiger partial charge on any atom is 0.151 e. The smallest absolute Gasteiger partial charge is 0.151 e. The molecular weight excluding hydrogens is 204 g/mol. The molecule has 5 aliphatic rings. The van der Waals surface area contributed by atoms with Gasteiger partial charge in [0.2, 0.25) is 0 Å². The Labute approximate surface area is 96.0 Å². The van der Waals surface area contributed by atoms with E-state index in [9.17, 15) is 5.11 Å². The summed E-state index contributed by atoms with van der Waals surface area (Å²) in [7, 11) is 0. The Hall–Kier alpha value is -0.120. The van der Waals surface area contributed by atoms with E-state index in [-0.39, 0.29) is 11.7 Å². The van der Waals surface area contributed by atoms with E-state index in [2.05, 4.69) is 0 Å². The predicted octanol–water partition coefficient (Wildman–Crippen LogP) is 1.89. The minimum atomic E-state index is -0.397. The Balaban J connectivity index is 1.69. The van der Waals surface area contributed by atoms with Crippen LogP contribution >= 0.6 is 0 Å². The highest BCUT2D eigenvalue weighted by molar-refractivity contribution is 5.13. The van der Waals surface area contributed by atoms with Crippen molar-refractivity contribution >= 4 is 0 Å². The molecule has 2 atom stereocenters. The van der Waals surface area contributed by atoms with Gasteiger partial charge in [0.15, 0.2) is 6.10 Å². The van der Waals surface area contributed by atoms with E-state index in [1.807, 2.05) is 6.92 Å². The summed E-state index contributed by atoms with van der Waals surface area (Å²) in [6.45, 7) is 1.83. The van der Waals surface area contributed by atoms with Crippen LogP contribution in [0.15, 0.2) is 0 Å². The highest BCUT2D eigenvalue weighted by atomic mass is 17.3. The molecule has 5 rings (SSSR count). The third-order valence-electron chi connectivity index (χ3n) is 5.59. The molecule has 1 heterocycles. The number of aliphatic hydroxyl groups is 1. The second kappa shape index (κ2) is 3.01. The van der Waals surface area contributed by atoms with Crippen LogP contribution in [-0.2, 0) is 9.78 Å². The van der Waals surface area contributed by atoms with Crippen LogP contribution in [0.4, 0.5) is 0 Å². The van der Waals surface area contributed by atoms with Gasteiger partial charge in [-0.15, -0.1) is 0 Å². The fourth-order valence-corrected chi connectivity index (χ4v) is 5.19. The predicted molar refractivity (Wildman–Crippen MR) is 57.4 cm³/mol.